The third-order valence-electron chi connectivity index (χ3n) is 4.54. The third kappa shape index (κ3) is 4.88. The maximum Gasteiger partial charge on any atom is 0.252 e. The molecule has 1 amide bonds. The summed E-state index contributed by atoms with van der Waals surface area (Å²) in [5.74, 6) is 1.40. The van der Waals surface area contributed by atoms with Gasteiger partial charge >= 0.3 is 0 Å². The van der Waals surface area contributed by atoms with E-state index in [1.807, 2.05) is 36.4 Å². The van der Waals surface area contributed by atoms with Crippen molar-refractivity contribution in [1.29, 1.82) is 0 Å². The number of anilines is 2. The first kappa shape index (κ1) is 19.4. The number of pyridine rings is 1. The van der Waals surface area contributed by atoms with Gasteiger partial charge in [-0.05, 0) is 55.7 Å². The van der Waals surface area contributed by atoms with Crippen LogP contribution in [0.4, 0.5) is 11.5 Å². The fourth-order valence-corrected chi connectivity index (χ4v) is 3.02. The quantitative estimate of drug-likeness (QED) is 0.641. The van der Waals surface area contributed by atoms with E-state index in [2.05, 4.69) is 41.6 Å². The molecule has 0 saturated carbocycles. The second-order valence-electron chi connectivity index (χ2n) is 6.69. The number of ether oxygens (including phenoxy) is 1. The first-order valence-corrected chi connectivity index (χ1v) is 9.27. The van der Waals surface area contributed by atoms with E-state index in [1.54, 1.807) is 19.4 Å². The Morgan fingerprint density at radius 3 is 2.61 bits per heavy atom. The number of methoxy groups -OCH3 is 1. The molecule has 0 aliphatic carbocycles. The second-order valence-corrected chi connectivity index (χ2v) is 6.69. The van der Waals surface area contributed by atoms with Crippen LogP contribution in [0.2, 0.25) is 0 Å². The van der Waals surface area contributed by atoms with Gasteiger partial charge in [0, 0.05) is 18.4 Å². The molecule has 1 aromatic heterocycles. The average Bonchev–Trinajstić information content (AvgIpc) is 2.71. The number of para-hydroxylation sites is 1. The van der Waals surface area contributed by atoms with Crippen LogP contribution in [0.1, 0.15) is 27.0 Å². The molecule has 28 heavy (non-hydrogen) atoms. The number of amides is 1. The monoisotopic (exact) mass is 375 g/mol. The Morgan fingerprint density at radius 2 is 1.89 bits per heavy atom. The van der Waals surface area contributed by atoms with Crippen molar-refractivity contribution >= 4 is 17.4 Å². The molecule has 0 spiro atoms. The highest BCUT2D eigenvalue weighted by molar-refractivity contribution is 5.94. The summed E-state index contributed by atoms with van der Waals surface area (Å²) >= 11 is 0. The Morgan fingerprint density at radius 1 is 1.07 bits per heavy atom. The summed E-state index contributed by atoms with van der Waals surface area (Å²) in [4.78, 5) is 16.7. The molecule has 0 bridgehead atoms. The van der Waals surface area contributed by atoms with Crippen molar-refractivity contribution in [2.45, 2.75) is 20.3 Å². The number of aryl methyl sites for hydroxylation is 2. The van der Waals surface area contributed by atoms with E-state index < -0.39 is 0 Å². The number of carbonyl (C=O) groups excluding carboxylic acids is 1. The first-order chi connectivity index (χ1) is 13.6. The summed E-state index contributed by atoms with van der Waals surface area (Å²) < 4.78 is 5.33. The molecule has 0 aliphatic heterocycles. The number of hydrogen-bond acceptors (Lipinski definition) is 4. The van der Waals surface area contributed by atoms with E-state index in [9.17, 15) is 4.79 Å². The van der Waals surface area contributed by atoms with Crippen LogP contribution in [0.15, 0.2) is 60.8 Å². The number of rotatable bonds is 7. The van der Waals surface area contributed by atoms with Gasteiger partial charge in [0.15, 0.2) is 0 Å². The molecule has 0 aliphatic rings. The number of hydrogen-bond donors (Lipinski definition) is 2. The minimum absolute atomic E-state index is 0.138. The van der Waals surface area contributed by atoms with Gasteiger partial charge in [-0.15, -0.1) is 0 Å². The van der Waals surface area contributed by atoms with Crippen LogP contribution < -0.4 is 15.4 Å². The molecule has 0 radical (unpaired) electrons. The van der Waals surface area contributed by atoms with Crippen LogP contribution in [0.25, 0.3) is 0 Å². The van der Waals surface area contributed by atoms with Crippen LogP contribution in [-0.2, 0) is 6.42 Å². The number of nitrogens with zero attached hydrogens (tertiary/aromatic N) is 1. The van der Waals surface area contributed by atoms with Crippen molar-refractivity contribution in [3.63, 3.8) is 0 Å². The topological polar surface area (TPSA) is 63.2 Å². The van der Waals surface area contributed by atoms with Crippen LogP contribution in [0.3, 0.4) is 0 Å². The lowest BCUT2D eigenvalue weighted by molar-refractivity contribution is 0.0953. The number of aromatic nitrogens is 1. The van der Waals surface area contributed by atoms with Gasteiger partial charge in [-0.25, -0.2) is 4.98 Å². The lowest BCUT2D eigenvalue weighted by atomic mass is 10.1. The summed E-state index contributed by atoms with van der Waals surface area (Å²) in [7, 11) is 1.65. The Balaban J connectivity index is 1.56. The number of benzene rings is 2. The minimum Gasteiger partial charge on any atom is -0.496 e. The molecule has 144 valence electrons. The summed E-state index contributed by atoms with van der Waals surface area (Å²) in [6.07, 6.45) is 2.29. The maximum atomic E-state index is 12.3. The highest BCUT2D eigenvalue weighted by Gasteiger charge is 2.08. The largest absolute Gasteiger partial charge is 0.496 e. The minimum atomic E-state index is -0.138. The van der Waals surface area contributed by atoms with E-state index in [0.717, 1.165) is 22.6 Å². The molecule has 2 aromatic carbocycles. The van der Waals surface area contributed by atoms with Gasteiger partial charge in [-0.3, -0.25) is 4.79 Å². The Bertz CT molecular complexity index is 952. The van der Waals surface area contributed by atoms with Gasteiger partial charge in [0.05, 0.1) is 12.7 Å². The maximum absolute atomic E-state index is 12.3. The summed E-state index contributed by atoms with van der Waals surface area (Å²) in [5.41, 5.74) is 4.98. The van der Waals surface area contributed by atoms with Crippen LogP contribution in [-0.4, -0.2) is 24.5 Å². The zero-order chi connectivity index (χ0) is 19.9. The SMILES string of the molecule is COc1ccccc1CCNC(=O)c1ccc(Nc2ccc(C)cc2C)nc1. The fraction of sp³-hybridized carbons (Fsp3) is 0.217. The molecule has 5 heteroatoms. The average molecular weight is 375 g/mol. The normalized spacial score (nSPS) is 10.4. The Labute approximate surface area is 165 Å². The molecule has 0 fully saturated rings. The Hall–Kier alpha value is -3.34. The zero-order valence-electron chi connectivity index (χ0n) is 16.5. The van der Waals surface area contributed by atoms with E-state index >= 15 is 0 Å². The van der Waals surface area contributed by atoms with Gasteiger partial charge in [-0.2, -0.15) is 0 Å². The van der Waals surface area contributed by atoms with Gasteiger partial charge in [0.2, 0.25) is 0 Å². The first-order valence-electron chi connectivity index (χ1n) is 9.27. The van der Waals surface area contributed by atoms with Crippen molar-refractivity contribution in [3.8, 4) is 5.75 Å². The highest BCUT2D eigenvalue weighted by Crippen LogP contribution is 2.20. The van der Waals surface area contributed by atoms with Crippen molar-refractivity contribution < 1.29 is 9.53 Å². The molecular formula is C23H25N3O2. The summed E-state index contributed by atoms with van der Waals surface area (Å²) in [6.45, 7) is 4.65. The molecular weight excluding hydrogens is 350 g/mol. The van der Waals surface area contributed by atoms with E-state index in [1.165, 1.54) is 5.56 Å². The molecule has 5 nitrogen and oxygen atoms in total. The van der Waals surface area contributed by atoms with Gasteiger partial charge < -0.3 is 15.4 Å². The van der Waals surface area contributed by atoms with Crippen molar-refractivity contribution in [2.75, 3.05) is 19.0 Å². The van der Waals surface area contributed by atoms with E-state index in [4.69, 9.17) is 4.74 Å². The molecule has 0 saturated heterocycles. The predicted molar refractivity (Wildman–Crippen MR) is 112 cm³/mol. The van der Waals surface area contributed by atoms with Gasteiger partial charge in [0.1, 0.15) is 11.6 Å². The standard InChI is InChI=1S/C23H25N3O2/c1-16-8-10-20(17(2)14-16)26-22-11-9-19(15-25-22)23(27)24-13-12-18-6-4-5-7-21(18)28-3/h4-11,14-15H,12-13H2,1-3H3,(H,24,27)(H,25,26). The van der Waals surface area contributed by atoms with Crippen LogP contribution in [0, 0.1) is 13.8 Å². The van der Waals surface area contributed by atoms with Gasteiger partial charge in [0.25, 0.3) is 5.91 Å². The van der Waals surface area contributed by atoms with Crippen molar-refractivity contribution in [3.05, 3.63) is 83.0 Å². The van der Waals surface area contributed by atoms with Crippen molar-refractivity contribution in [2.24, 2.45) is 0 Å². The molecule has 3 rings (SSSR count). The lowest BCUT2D eigenvalue weighted by Gasteiger charge is -2.11. The molecule has 0 atom stereocenters. The van der Waals surface area contributed by atoms with Crippen molar-refractivity contribution in [1.82, 2.24) is 10.3 Å². The fourth-order valence-electron chi connectivity index (χ4n) is 3.02. The predicted octanol–water partition coefficient (Wildman–Crippen LogP) is 4.42. The third-order valence-corrected chi connectivity index (χ3v) is 4.54. The highest BCUT2D eigenvalue weighted by atomic mass is 16.5. The lowest BCUT2D eigenvalue weighted by Crippen LogP contribution is -2.25. The van der Waals surface area contributed by atoms with Crippen LogP contribution >= 0.6 is 0 Å². The zero-order valence-corrected chi connectivity index (χ0v) is 16.5. The number of carbonyl (C=O) groups is 1. The summed E-state index contributed by atoms with van der Waals surface area (Å²) in [5, 5.41) is 6.21. The molecule has 2 N–H and O–H groups in total. The smallest absolute Gasteiger partial charge is 0.252 e. The second kappa shape index (κ2) is 9.04. The molecule has 3 aromatic rings. The molecule has 1 heterocycles. The molecule has 0 unspecified atom stereocenters. The van der Waals surface area contributed by atoms with Crippen LogP contribution in [0.5, 0.6) is 5.75 Å². The summed E-state index contributed by atoms with van der Waals surface area (Å²) in [6, 6.07) is 17.6. The Kier molecular flexibility index (Phi) is 6.27. The number of nitrogens with one attached hydrogen (secondary N) is 2. The van der Waals surface area contributed by atoms with E-state index in [0.29, 0.717) is 24.3 Å². The van der Waals surface area contributed by atoms with Gasteiger partial charge in [-0.1, -0.05) is 35.9 Å². The van der Waals surface area contributed by atoms with E-state index in [-0.39, 0.29) is 5.91 Å².